The van der Waals surface area contributed by atoms with E-state index in [1.54, 1.807) is 32.9 Å². The number of benzene rings is 1. The molecule has 17 heavy (non-hydrogen) atoms. The highest BCUT2D eigenvalue weighted by Gasteiger charge is 2.13. The van der Waals surface area contributed by atoms with Crippen molar-refractivity contribution in [3.8, 4) is 5.75 Å². The molecule has 94 valence electrons. The minimum Gasteiger partial charge on any atom is -0.493 e. The maximum absolute atomic E-state index is 10.6. The molecule has 0 radical (unpaired) electrons. The van der Waals surface area contributed by atoms with Gasteiger partial charge in [-0.25, -0.2) is 0 Å². The Morgan fingerprint density at radius 2 is 2.12 bits per heavy atom. The van der Waals surface area contributed by atoms with Crippen molar-refractivity contribution < 1.29 is 14.8 Å². The predicted molar refractivity (Wildman–Crippen MR) is 64.2 cm³/mol. The lowest BCUT2D eigenvalue weighted by Crippen LogP contribution is -2.21. The van der Waals surface area contributed by atoms with Crippen LogP contribution in [0.3, 0.4) is 0 Å². The summed E-state index contributed by atoms with van der Waals surface area (Å²) >= 11 is 0. The normalized spacial score (nSPS) is 11.3. The summed E-state index contributed by atoms with van der Waals surface area (Å²) < 4.78 is 5.41. The van der Waals surface area contributed by atoms with Gasteiger partial charge in [-0.3, -0.25) is 10.1 Å². The first kappa shape index (κ1) is 13.4. The van der Waals surface area contributed by atoms with Gasteiger partial charge in [0.1, 0.15) is 5.75 Å². The first-order valence-corrected chi connectivity index (χ1v) is 5.40. The van der Waals surface area contributed by atoms with E-state index in [1.807, 2.05) is 0 Å². The van der Waals surface area contributed by atoms with Crippen LogP contribution < -0.4 is 4.74 Å². The van der Waals surface area contributed by atoms with E-state index in [0.717, 1.165) is 0 Å². The molecular weight excluding hydrogens is 222 g/mol. The summed E-state index contributed by atoms with van der Waals surface area (Å²) in [6.45, 7) is 5.45. The Kier molecular flexibility index (Phi) is 4.07. The fraction of sp³-hybridized carbons (Fsp3) is 0.500. The van der Waals surface area contributed by atoms with Crippen LogP contribution in [-0.4, -0.2) is 22.2 Å². The third-order valence-electron chi connectivity index (χ3n) is 2.35. The summed E-state index contributed by atoms with van der Waals surface area (Å²) in [6.07, 6.45) is 0.503. The Morgan fingerprint density at radius 3 is 2.59 bits per heavy atom. The lowest BCUT2D eigenvalue weighted by atomic mass is 10.1. The molecule has 0 aliphatic heterocycles. The van der Waals surface area contributed by atoms with Gasteiger partial charge in [0.2, 0.25) is 0 Å². The van der Waals surface area contributed by atoms with E-state index >= 15 is 0 Å². The summed E-state index contributed by atoms with van der Waals surface area (Å²) in [7, 11) is 0. The monoisotopic (exact) mass is 239 g/mol. The Balaban J connectivity index is 2.62. The number of nitrogens with zero attached hydrogens (tertiary/aromatic N) is 1. The van der Waals surface area contributed by atoms with E-state index < -0.39 is 10.5 Å². The molecule has 0 saturated carbocycles. The predicted octanol–water partition coefficient (Wildman–Crippen LogP) is 2.44. The third-order valence-corrected chi connectivity index (χ3v) is 2.35. The number of nitro groups is 1. The molecule has 1 aromatic carbocycles. The van der Waals surface area contributed by atoms with E-state index in [0.29, 0.717) is 24.3 Å². The summed E-state index contributed by atoms with van der Waals surface area (Å²) in [6, 6.07) is 4.62. The van der Waals surface area contributed by atoms with Gasteiger partial charge in [-0.05, 0) is 32.9 Å². The summed E-state index contributed by atoms with van der Waals surface area (Å²) in [5, 5.41) is 20.1. The van der Waals surface area contributed by atoms with Gasteiger partial charge in [0, 0.05) is 18.1 Å². The van der Waals surface area contributed by atoms with Crippen LogP contribution in [0.1, 0.15) is 25.8 Å². The van der Waals surface area contributed by atoms with Crippen molar-refractivity contribution in [2.75, 3.05) is 6.61 Å². The molecule has 1 N–H and O–H groups in total. The molecule has 1 aromatic rings. The van der Waals surface area contributed by atoms with Crippen LogP contribution in [0.15, 0.2) is 18.2 Å². The second kappa shape index (κ2) is 5.14. The molecule has 0 amide bonds. The summed E-state index contributed by atoms with van der Waals surface area (Å²) in [4.78, 5) is 10.2. The number of aryl methyl sites for hydroxylation is 1. The van der Waals surface area contributed by atoms with Crippen molar-refractivity contribution in [2.45, 2.75) is 32.8 Å². The zero-order valence-electron chi connectivity index (χ0n) is 10.3. The van der Waals surface area contributed by atoms with Gasteiger partial charge in [-0.2, -0.15) is 0 Å². The van der Waals surface area contributed by atoms with E-state index in [4.69, 9.17) is 4.74 Å². The highest BCUT2D eigenvalue weighted by molar-refractivity contribution is 5.44. The second-order valence-electron chi connectivity index (χ2n) is 4.62. The van der Waals surface area contributed by atoms with Gasteiger partial charge in [0.05, 0.1) is 17.1 Å². The lowest BCUT2D eigenvalue weighted by Gasteiger charge is -2.17. The van der Waals surface area contributed by atoms with Crippen molar-refractivity contribution in [3.05, 3.63) is 33.9 Å². The van der Waals surface area contributed by atoms with Gasteiger partial charge in [0.25, 0.3) is 5.69 Å². The minimum absolute atomic E-state index is 0.0832. The van der Waals surface area contributed by atoms with Gasteiger partial charge >= 0.3 is 0 Å². The van der Waals surface area contributed by atoms with E-state index in [2.05, 4.69) is 0 Å². The van der Waals surface area contributed by atoms with Crippen molar-refractivity contribution in [2.24, 2.45) is 0 Å². The molecule has 0 aliphatic carbocycles. The summed E-state index contributed by atoms with van der Waals surface area (Å²) in [5.74, 6) is 0.581. The van der Waals surface area contributed by atoms with Crippen molar-refractivity contribution in [3.63, 3.8) is 0 Å². The largest absolute Gasteiger partial charge is 0.493 e. The van der Waals surface area contributed by atoms with Gasteiger partial charge in [-0.1, -0.05) is 0 Å². The number of ether oxygens (including phenoxy) is 1. The molecule has 0 heterocycles. The molecule has 0 unspecified atom stereocenters. The van der Waals surface area contributed by atoms with E-state index in [1.165, 1.54) is 6.07 Å². The van der Waals surface area contributed by atoms with Gasteiger partial charge in [0.15, 0.2) is 0 Å². The smallest absolute Gasteiger partial charge is 0.272 e. The maximum Gasteiger partial charge on any atom is 0.272 e. The Hall–Kier alpha value is -1.62. The Morgan fingerprint density at radius 1 is 1.47 bits per heavy atom. The van der Waals surface area contributed by atoms with Crippen LogP contribution in [0.4, 0.5) is 5.69 Å². The summed E-state index contributed by atoms with van der Waals surface area (Å²) in [5.41, 5.74) is -0.119. The van der Waals surface area contributed by atoms with Crippen LogP contribution in [0.25, 0.3) is 0 Å². The molecule has 0 saturated heterocycles. The van der Waals surface area contributed by atoms with E-state index in [9.17, 15) is 15.2 Å². The van der Waals surface area contributed by atoms with Crippen LogP contribution >= 0.6 is 0 Å². The molecule has 0 aliphatic rings. The fourth-order valence-electron chi connectivity index (χ4n) is 1.34. The first-order valence-electron chi connectivity index (χ1n) is 5.40. The molecule has 5 nitrogen and oxygen atoms in total. The van der Waals surface area contributed by atoms with E-state index in [-0.39, 0.29) is 5.69 Å². The highest BCUT2D eigenvalue weighted by atomic mass is 16.6. The molecule has 5 heteroatoms. The molecule has 0 atom stereocenters. The van der Waals surface area contributed by atoms with Crippen LogP contribution in [0.5, 0.6) is 5.75 Å². The van der Waals surface area contributed by atoms with Crippen LogP contribution in [0.2, 0.25) is 0 Å². The van der Waals surface area contributed by atoms with Gasteiger partial charge < -0.3 is 9.84 Å². The molecule has 0 aromatic heterocycles. The fourth-order valence-corrected chi connectivity index (χ4v) is 1.34. The molecule has 0 spiro atoms. The minimum atomic E-state index is -0.768. The highest BCUT2D eigenvalue weighted by Crippen LogP contribution is 2.23. The van der Waals surface area contributed by atoms with Crippen LogP contribution in [0, 0.1) is 17.0 Å². The SMILES string of the molecule is Cc1cc(OCCC(C)(C)O)ccc1[N+](=O)[O-]. The maximum atomic E-state index is 10.6. The molecule has 0 fully saturated rings. The zero-order chi connectivity index (χ0) is 13.1. The van der Waals surface area contributed by atoms with Crippen molar-refractivity contribution >= 4 is 5.69 Å². The number of rotatable bonds is 5. The standard InChI is InChI=1S/C12H17NO4/c1-9-8-10(4-5-11(9)13(15)16)17-7-6-12(2,3)14/h4-5,8,14H,6-7H2,1-3H3. The first-order chi connectivity index (χ1) is 7.79. The van der Waals surface area contributed by atoms with Crippen molar-refractivity contribution in [1.82, 2.24) is 0 Å². The van der Waals surface area contributed by atoms with Gasteiger partial charge in [-0.15, -0.1) is 0 Å². The topological polar surface area (TPSA) is 72.6 Å². The molecule has 1 rings (SSSR count). The molecule has 0 bridgehead atoms. The number of hydrogen-bond acceptors (Lipinski definition) is 4. The number of aliphatic hydroxyl groups is 1. The van der Waals surface area contributed by atoms with Crippen molar-refractivity contribution in [1.29, 1.82) is 0 Å². The van der Waals surface area contributed by atoms with Crippen LogP contribution in [-0.2, 0) is 0 Å². The molecular formula is C12H17NO4. The number of nitro benzene ring substituents is 1. The average Bonchev–Trinajstić information content (AvgIpc) is 2.15. The third kappa shape index (κ3) is 4.40. The second-order valence-corrected chi connectivity index (χ2v) is 4.62. The average molecular weight is 239 g/mol. The lowest BCUT2D eigenvalue weighted by molar-refractivity contribution is -0.385. The number of hydrogen-bond donors (Lipinski definition) is 1. The zero-order valence-corrected chi connectivity index (χ0v) is 10.3. The Labute approximate surface area is 100 Å². The Bertz CT molecular complexity index is 409. The quantitative estimate of drug-likeness (QED) is 0.632.